The van der Waals surface area contributed by atoms with E-state index in [0.717, 1.165) is 11.3 Å². The Balaban J connectivity index is 2.17. The second-order valence-electron chi connectivity index (χ2n) is 5.63. The average molecular weight is 284 g/mol. The zero-order valence-electron chi connectivity index (χ0n) is 11.4. The lowest BCUT2D eigenvalue weighted by atomic mass is 9.76. The standard InChI is InChI=1S/C11H17BN2O4S/c1-10(2)11(3,4)18-12(17-10)9(13)7-5-8(14(15)16)19-6-7/h5-6,9H,13H2,1-4H3/t9-/m0/s1. The minimum atomic E-state index is -0.598. The van der Waals surface area contributed by atoms with Crippen LogP contribution >= 0.6 is 11.3 Å². The number of hydrogen-bond acceptors (Lipinski definition) is 6. The first kappa shape index (κ1) is 14.5. The normalized spacial score (nSPS) is 22.5. The van der Waals surface area contributed by atoms with Gasteiger partial charge in [0, 0.05) is 11.4 Å². The maximum absolute atomic E-state index is 10.7. The van der Waals surface area contributed by atoms with Gasteiger partial charge in [0.2, 0.25) is 0 Å². The van der Waals surface area contributed by atoms with E-state index in [1.54, 1.807) is 5.38 Å². The van der Waals surface area contributed by atoms with E-state index < -0.39 is 29.2 Å². The van der Waals surface area contributed by atoms with Crippen molar-refractivity contribution >= 4 is 23.5 Å². The quantitative estimate of drug-likeness (QED) is 0.522. The van der Waals surface area contributed by atoms with E-state index in [4.69, 9.17) is 15.0 Å². The largest absolute Gasteiger partial charge is 0.480 e. The minimum Gasteiger partial charge on any atom is -0.402 e. The van der Waals surface area contributed by atoms with Gasteiger partial charge in [0.25, 0.3) is 0 Å². The molecular formula is C11H17BN2O4S. The molecule has 0 spiro atoms. The summed E-state index contributed by atoms with van der Waals surface area (Å²) in [5.41, 5.74) is 5.83. The Kier molecular flexibility index (Phi) is 3.46. The first-order chi connectivity index (χ1) is 8.64. The number of hydrogen-bond donors (Lipinski definition) is 1. The molecule has 0 bridgehead atoms. The van der Waals surface area contributed by atoms with Crippen LogP contribution in [0, 0.1) is 10.1 Å². The fourth-order valence-electron chi connectivity index (χ4n) is 1.80. The topological polar surface area (TPSA) is 87.6 Å². The van der Waals surface area contributed by atoms with Gasteiger partial charge in [-0.1, -0.05) is 11.3 Å². The zero-order chi connectivity index (χ0) is 14.4. The lowest BCUT2D eigenvalue weighted by Gasteiger charge is -2.32. The summed E-state index contributed by atoms with van der Waals surface area (Å²) in [5.74, 6) is -0.536. The SMILES string of the molecule is CC1(C)OB([C@@H](N)c2csc([N+](=O)[O-])c2)OC1(C)C. The van der Waals surface area contributed by atoms with E-state index in [1.807, 2.05) is 27.7 Å². The molecule has 0 saturated carbocycles. The molecular weight excluding hydrogens is 267 g/mol. The lowest BCUT2D eigenvalue weighted by Crippen LogP contribution is -2.41. The highest BCUT2D eigenvalue weighted by Gasteiger charge is 2.53. The van der Waals surface area contributed by atoms with Gasteiger partial charge in [0.1, 0.15) is 0 Å². The fraction of sp³-hybridized carbons (Fsp3) is 0.636. The van der Waals surface area contributed by atoms with Crippen LogP contribution in [-0.2, 0) is 9.31 Å². The molecule has 8 heteroatoms. The summed E-state index contributed by atoms with van der Waals surface area (Å²) in [4.78, 5) is 10.3. The Morgan fingerprint density at radius 1 is 1.37 bits per heavy atom. The van der Waals surface area contributed by atoms with E-state index in [9.17, 15) is 10.1 Å². The monoisotopic (exact) mass is 284 g/mol. The number of nitrogens with two attached hydrogens (primary N) is 1. The van der Waals surface area contributed by atoms with Gasteiger partial charge in [-0.3, -0.25) is 10.1 Å². The first-order valence-electron chi connectivity index (χ1n) is 5.98. The van der Waals surface area contributed by atoms with E-state index in [0.29, 0.717) is 5.56 Å². The van der Waals surface area contributed by atoms with Gasteiger partial charge >= 0.3 is 12.1 Å². The number of thiophene rings is 1. The Bertz CT molecular complexity index is 487. The summed E-state index contributed by atoms with van der Waals surface area (Å²) in [6, 6.07) is 1.47. The van der Waals surface area contributed by atoms with Crippen LogP contribution in [0.25, 0.3) is 0 Å². The van der Waals surface area contributed by atoms with Crippen LogP contribution < -0.4 is 5.73 Å². The maximum Gasteiger partial charge on any atom is 0.480 e. The van der Waals surface area contributed by atoms with Crippen molar-refractivity contribution in [2.75, 3.05) is 0 Å². The number of rotatable bonds is 3. The summed E-state index contributed by atoms with van der Waals surface area (Å²) in [5, 5.41) is 12.4. The molecule has 1 aromatic rings. The highest BCUT2D eigenvalue weighted by molar-refractivity contribution is 7.13. The zero-order valence-corrected chi connectivity index (χ0v) is 12.2. The highest BCUT2D eigenvalue weighted by Crippen LogP contribution is 2.40. The summed E-state index contributed by atoms with van der Waals surface area (Å²) >= 11 is 1.05. The molecule has 1 aliphatic rings. The molecule has 19 heavy (non-hydrogen) atoms. The van der Waals surface area contributed by atoms with Crippen molar-refractivity contribution in [2.45, 2.75) is 44.8 Å². The molecule has 1 aliphatic heterocycles. The minimum absolute atomic E-state index is 0.0713. The smallest absolute Gasteiger partial charge is 0.402 e. The van der Waals surface area contributed by atoms with Gasteiger partial charge in [-0.05, 0) is 33.3 Å². The molecule has 0 unspecified atom stereocenters. The lowest BCUT2D eigenvalue weighted by molar-refractivity contribution is -0.380. The Labute approximate surface area is 116 Å². The summed E-state index contributed by atoms with van der Waals surface area (Å²) < 4.78 is 11.7. The molecule has 104 valence electrons. The Morgan fingerprint density at radius 3 is 2.32 bits per heavy atom. The third kappa shape index (κ3) is 2.53. The molecule has 2 heterocycles. The van der Waals surface area contributed by atoms with Crippen LogP contribution in [-0.4, -0.2) is 23.2 Å². The van der Waals surface area contributed by atoms with Crippen molar-refractivity contribution < 1.29 is 14.2 Å². The third-order valence-electron chi connectivity index (χ3n) is 3.74. The second kappa shape index (κ2) is 4.55. The molecule has 1 fully saturated rings. The molecule has 1 saturated heterocycles. The molecule has 0 aromatic carbocycles. The molecule has 6 nitrogen and oxygen atoms in total. The van der Waals surface area contributed by atoms with Crippen molar-refractivity contribution in [3.8, 4) is 0 Å². The second-order valence-corrected chi connectivity index (χ2v) is 6.52. The van der Waals surface area contributed by atoms with Gasteiger partial charge in [-0.25, -0.2) is 0 Å². The van der Waals surface area contributed by atoms with Gasteiger partial charge < -0.3 is 15.0 Å². The number of nitro groups is 1. The van der Waals surface area contributed by atoms with E-state index in [2.05, 4.69) is 0 Å². The van der Waals surface area contributed by atoms with Crippen LogP contribution in [0.2, 0.25) is 0 Å². The van der Waals surface area contributed by atoms with Gasteiger partial charge in [-0.2, -0.15) is 0 Å². The molecule has 0 aliphatic carbocycles. The first-order valence-corrected chi connectivity index (χ1v) is 6.86. The van der Waals surface area contributed by atoms with E-state index >= 15 is 0 Å². The predicted molar refractivity (Wildman–Crippen MR) is 74.0 cm³/mol. The maximum atomic E-state index is 10.7. The molecule has 1 atom stereocenters. The van der Waals surface area contributed by atoms with Gasteiger partial charge in [0.05, 0.1) is 22.1 Å². The average Bonchev–Trinajstić information content (AvgIpc) is 2.82. The molecule has 0 amide bonds. The number of nitrogens with zero attached hydrogens (tertiary/aromatic N) is 1. The summed E-state index contributed by atoms with van der Waals surface area (Å²) in [6.45, 7) is 7.76. The highest BCUT2D eigenvalue weighted by atomic mass is 32.1. The van der Waals surface area contributed by atoms with Crippen molar-refractivity contribution in [2.24, 2.45) is 5.73 Å². The van der Waals surface area contributed by atoms with Crippen molar-refractivity contribution in [1.82, 2.24) is 0 Å². The van der Waals surface area contributed by atoms with Crippen LogP contribution in [0.5, 0.6) is 0 Å². The van der Waals surface area contributed by atoms with Crippen molar-refractivity contribution in [3.63, 3.8) is 0 Å². The van der Waals surface area contributed by atoms with Gasteiger partial charge in [-0.15, -0.1) is 0 Å². The molecule has 2 N–H and O–H groups in total. The van der Waals surface area contributed by atoms with E-state index in [1.165, 1.54) is 6.07 Å². The summed E-state index contributed by atoms with van der Waals surface area (Å²) in [6.07, 6.45) is 0. The van der Waals surface area contributed by atoms with Crippen molar-refractivity contribution in [1.29, 1.82) is 0 Å². The Hall–Kier alpha value is -0.955. The van der Waals surface area contributed by atoms with E-state index in [-0.39, 0.29) is 5.00 Å². The fourth-order valence-corrected chi connectivity index (χ4v) is 2.57. The molecule has 2 rings (SSSR count). The molecule has 0 radical (unpaired) electrons. The van der Waals surface area contributed by atoms with Crippen LogP contribution in [0.3, 0.4) is 0 Å². The summed E-state index contributed by atoms with van der Waals surface area (Å²) in [7, 11) is -0.598. The van der Waals surface area contributed by atoms with Crippen LogP contribution in [0.4, 0.5) is 5.00 Å². The predicted octanol–water partition coefficient (Wildman–Crippen LogP) is 2.29. The molecule has 1 aromatic heterocycles. The third-order valence-corrected chi connectivity index (χ3v) is 4.63. The van der Waals surface area contributed by atoms with Crippen molar-refractivity contribution in [3.05, 3.63) is 27.1 Å². The van der Waals surface area contributed by atoms with Crippen LogP contribution in [0.1, 0.15) is 39.2 Å². The Morgan fingerprint density at radius 2 is 1.89 bits per heavy atom. The van der Waals surface area contributed by atoms with Crippen LogP contribution in [0.15, 0.2) is 11.4 Å². The van der Waals surface area contributed by atoms with Gasteiger partial charge in [0.15, 0.2) is 0 Å².